The molecule has 1 aromatic heterocycles. The number of fused-ring (bicyclic) bond motifs is 1. The van der Waals surface area contributed by atoms with Gasteiger partial charge in [0.2, 0.25) is 0 Å². The van der Waals surface area contributed by atoms with Crippen LogP contribution in [0.1, 0.15) is 0 Å². The van der Waals surface area contributed by atoms with Crippen molar-refractivity contribution in [3.8, 4) is 5.75 Å². The van der Waals surface area contributed by atoms with Gasteiger partial charge in [-0.3, -0.25) is 0 Å². The summed E-state index contributed by atoms with van der Waals surface area (Å²) >= 11 is 0. The molecule has 0 aliphatic heterocycles. The van der Waals surface area contributed by atoms with Gasteiger partial charge in [-0.2, -0.15) is 0 Å². The van der Waals surface area contributed by atoms with Gasteiger partial charge in [0.05, 0.1) is 12.6 Å². The lowest BCUT2D eigenvalue weighted by Crippen LogP contribution is -2.07. The van der Waals surface area contributed by atoms with Gasteiger partial charge in [-0.05, 0) is 36.4 Å². The van der Waals surface area contributed by atoms with E-state index in [2.05, 4.69) is 20.0 Å². The molecule has 6 heteroatoms. The zero-order valence-corrected chi connectivity index (χ0v) is 11.8. The van der Waals surface area contributed by atoms with E-state index >= 15 is 0 Å². The number of nitrogens with one attached hydrogen (secondary N) is 1. The molecular weight excluding hydrogens is 282 g/mol. The highest BCUT2D eigenvalue weighted by molar-refractivity contribution is 5.90. The first-order valence-electron chi connectivity index (χ1n) is 6.59. The lowest BCUT2D eigenvalue weighted by molar-refractivity contribution is 0.121. The van der Waals surface area contributed by atoms with E-state index in [9.17, 15) is 4.79 Å². The Balaban J connectivity index is 1.82. The number of rotatable bonds is 3. The van der Waals surface area contributed by atoms with E-state index in [1.807, 2.05) is 24.3 Å². The summed E-state index contributed by atoms with van der Waals surface area (Å²) in [6.07, 6.45) is 0.766. The maximum atomic E-state index is 11.0. The fourth-order valence-electron chi connectivity index (χ4n) is 1.99. The van der Waals surface area contributed by atoms with Gasteiger partial charge in [-0.25, -0.2) is 14.8 Å². The first-order valence-corrected chi connectivity index (χ1v) is 6.59. The van der Waals surface area contributed by atoms with Gasteiger partial charge in [0.25, 0.3) is 0 Å². The topological polar surface area (TPSA) is 73.3 Å². The van der Waals surface area contributed by atoms with Crippen molar-refractivity contribution in [2.75, 3.05) is 12.4 Å². The van der Waals surface area contributed by atoms with Crippen LogP contribution < -0.4 is 10.1 Å². The van der Waals surface area contributed by atoms with Crippen molar-refractivity contribution in [2.45, 2.75) is 0 Å². The molecule has 1 N–H and O–H groups in total. The molecule has 0 fully saturated rings. The predicted octanol–water partition coefficient (Wildman–Crippen LogP) is 3.52. The van der Waals surface area contributed by atoms with Crippen molar-refractivity contribution in [3.05, 3.63) is 54.9 Å². The predicted molar refractivity (Wildman–Crippen MR) is 82.3 cm³/mol. The first kappa shape index (κ1) is 13.8. The first-order chi connectivity index (χ1) is 10.8. The molecule has 0 radical (unpaired) electrons. The number of methoxy groups -OCH3 is 1. The summed E-state index contributed by atoms with van der Waals surface area (Å²) in [4.78, 5) is 19.5. The number of carbonyl (C=O) groups is 1. The van der Waals surface area contributed by atoms with Crippen molar-refractivity contribution >= 4 is 28.6 Å². The Morgan fingerprint density at radius 1 is 1.05 bits per heavy atom. The van der Waals surface area contributed by atoms with E-state index in [1.54, 1.807) is 24.3 Å². The number of nitrogens with zero attached hydrogens (tertiary/aromatic N) is 2. The minimum atomic E-state index is -0.748. The number of hydrogen-bond donors (Lipinski definition) is 1. The molecule has 22 heavy (non-hydrogen) atoms. The van der Waals surface area contributed by atoms with Gasteiger partial charge in [0.15, 0.2) is 0 Å². The Kier molecular flexibility index (Phi) is 3.82. The number of hydrogen-bond acceptors (Lipinski definition) is 6. The van der Waals surface area contributed by atoms with Gasteiger partial charge < -0.3 is 14.8 Å². The molecular formula is C16H13N3O3. The second kappa shape index (κ2) is 6.09. The largest absolute Gasteiger partial charge is 0.513 e. The van der Waals surface area contributed by atoms with Gasteiger partial charge in [0.1, 0.15) is 17.9 Å². The Morgan fingerprint density at radius 2 is 1.82 bits per heavy atom. The zero-order chi connectivity index (χ0) is 15.4. The van der Waals surface area contributed by atoms with Crippen molar-refractivity contribution < 1.29 is 14.3 Å². The van der Waals surface area contributed by atoms with Crippen LogP contribution in [0, 0.1) is 0 Å². The molecule has 2 aromatic carbocycles. The number of ether oxygens (including phenoxy) is 2. The van der Waals surface area contributed by atoms with Crippen LogP contribution in [-0.4, -0.2) is 23.2 Å². The smallest absolute Gasteiger partial charge is 0.437 e. The van der Waals surface area contributed by atoms with E-state index < -0.39 is 6.16 Å². The van der Waals surface area contributed by atoms with Gasteiger partial charge in [-0.15, -0.1) is 0 Å². The van der Waals surface area contributed by atoms with E-state index in [0.717, 1.165) is 16.6 Å². The molecule has 0 unspecified atom stereocenters. The fourth-order valence-corrected chi connectivity index (χ4v) is 1.99. The molecule has 0 bridgehead atoms. The van der Waals surface area contributed by atoms with Crippen LogP contribution in [0.4, 0.5) is 16.3 Å². The van der Waals surface area contributed by atoms with Crippen LogP contribution >= 0.6 is 0 Å². The molecule has 0 atom stereocenters. The van der Waals surface area contributed by atoms with E-state index in [0.29, 0.717) is 11.6 Å². The number of carbonyl (C=O) groups excluding carboxylic acids is 1. The summed E-state index contributed by atoms with van der Waals surface area (Å²) in [5.41, 5.74) is 1.69. The van der Waals surface area contributed by atoms with Gasteiger partial charge >= 0.3 is 6.16 Å². The Morgan fingerprint density at radius 3 is 2.59 bits per heavy atom. The third-order valence-electron chi connectivity index (χ3n) is 3.03. The molecule has 3 rings (SSSR count). The summed E-state index contributed by atoms with van der Waals surface area (Å²) in [5.74, 6) is 1.12. The third kappa shape index (κ3) is 2.95. The van der Waals surface area contributed by atoms with Crippen molar-refractivity contribution in [1.82, 2.24) is 9.97 Å². The number of para-hydroxylation sites is 1. The van der Waals surface area contributed by atoms with Gasteiger partial charge in [0, 0.05) is 11.1 Å². The molecule has 1 heterocycles. The molecule has 0 saturated carbocycles. The maximum Gasteiger partial charge on any atom is 0.513 e. The Bertz CT molecular complexity index is 798. The molecule has 0 spiro atoms. The minimum Gasteiger partial charge on any atom is -0.437 e. The molecule has 110 valence electrons. The second-order valence-corrected chi connectivity index (χ2v) is 4.44. The Labute approximate surface area is 126 Å². The summed E-state index contributed by atoms with van der Waals surface area (Å²) in [6.45, 7) is 0. The highest BCUT2D eigenvalue weighted by atomic mass is 16.7. The zero-order valence-electron chi connectivity index (χ0n) is 11.8. The molecule has 0 amide bonds. The second-order valence-electron chi connectivity index (χ2n) is 4.44. The van der Waals surface area contributed by atoms with Gasteiger partial charge in [-0.1, -0.05) is 12.1 Å². The average Bonchev–Trinajstić information content (AvgIpc) is 2.57. The summed E-state index contributed by atoms with van der Waals surface area (Å²) < 4.78 is 9.36. The van der Waals surface area contributed by atoms with Crippen LogP contribution in [-0.2, 0) is 4.74 Å². The van der Waals surface area contributed by atoms with Crippen molar-refractivity contribution in [1.29, 1.82) is 0 Å². The lowest BCUT2D eigenvalue weighted by atomic mass is 10.2. The third-order valence-corrected chi connectivity index (χ3v) is 3.03. The normalized spacial score (nSPS) is 10.2. The van der Waals surface area contributed by atoms with E-state index in [-0.39, 0.29) is 0 Å². The summed E-state index contributed by atoms with van der Waals surface area (Å²) in [7, 11) is 1.26. The monoisotopic (exact) mass is 295 g/mol. The van der Waals surface area contributed by atoms with Crippen LogP contribution in [0.15, 0.2) is 54.9 Å². The highest BCUT2D eigenvalue weighted by Crippen LogP contribution is 2.24. The Hall–Kier alpha value is -3.15. The maximum absolute atomic E-state index is 11.0. The minimum absolute atomic E-state index is 0.407. The lowest BCUT2D eigenvalue weighted by Gasteiger charge is -2.09. The number of aromatic nitrogens is 2. The van der Waals surface area contributed by atoms with Crippen molar-refractivity contribution in [2.24, 2.45) is 0 Å². The highest BCUT2D eigenvalue weighted by Gasteiger charge is 2.05. The molecule has 0 aliphatic rings. The SMILES string of the molecule is COC(=O)Oc1ccc(Nc2ncnc3ccccc23)cc1. The molecule has 0 saturated heterocycles. The standard InChI is InChI=1S/C16H13N3O3/c1-21-16(20)22-12-8-6-11(7-9-12)19-15-13-4-2-3-5-14(13)17-10-18-15/h2-10H,1H3,(H,17,18,19). The average molecular weight is 295 g/mol. The van der Waals surface area contributed by atoms with Crippen molar-refractivity contribution in [3.63, 3.8) is 0 Å². The molecule has 3 aromatic rings. The number of anilines is 2. The van der Waals surface area contributed by atoms with Crippen LogP contribution in [0.25, 0.3) is 10.9 Å². The van der Waals surface area contributed by atoms with Crippen LogP contribution in [0.5, 0.6) is 5.75 Å². The quantitative estimate of drug-likeness (QED) is 0.588. The molecule has 0 aliphatic carbocycles. The van der Waals surface area contributed by atoms with E-state index in [4.69, 9.17) is 4.74 Å². The number of benzene rings is 2. The van der Waals surface area contributed by atoms with E-state index in [1.165, 1.54) is 13.4 Å². The van der Waals surface area contributed by atoms with Crippen LogP contribution in [0.2, 0.25) is 0 Å². The fraction of sp³-hybridized carbons (Fsp3) is 0.0625. The van der Waals surface area contributed by atoms with Crippen LogP contribution in [0.3, 0.4) is 0 Å². The summed E-state index contributed by atoms with van der Waals surface area (Å²) in [5, 5.41) is 4.15. The molecule has 6 nitrogen and oxygen atoms in total. The summed E-state index contributed by atoms with van der Waals surface area (Å²) in [6, 6.07) is 14.7.